The fraction of sp³-hybridized carbons (Fsp3) is 0.786. The molecule has 0 saturated carbocycles. The Labute approximate surface area is 119 Å². The van der Waals surface area contributed by atoms with E-state index >= 15 is 0 Å². The second-order valence-corrected chi connectivity index (χ2v) is 5.12. The van der Waals surface area contributed by atoms with Crippen LogP contribution in [-0.4, -0.2) is 37.7 Å². The Kier molecular flexibility index (Phi) is 8.79. The molecule has 0 aromatic carbocycles. The Morgan fingerprint density at radius 3 is 2.10 bits per heavy atom. The number of carbonyl (C=O) groups excluding carboxylic acids is 3. The third kappa shape index (κ3) is 8.63. The SMILES string of the molecule is COCC(=O)CC(CC(C)C)C(=O)OC(C)OC(C)=O. The second kappa shape index (κ2) is 9.47. The Balaban J connectivity index is 4.55. The summed E-state index contributed by atoms with van der Waals surface area (Å²) in [5.41, 5.74) is 0. The molecule has 6 nitrogen and oxygen atoms in total. The summed E-state index contributed by atoms with van der Waals surface area (Å²) in [4.78, 5) is 34.4. The maximum Gasteiger partial charge on any atom is 0.312 e. The van der Waals surface area contributed by atoms with Gasteiger partial charge >= 0.3 is 11.9 Å². The van der Waals surface area contributed by atoms with E-state index in [1.165, 1.54) is 21.0 Å². The number of methoxy groups -OCH3 is 1. The highest BCUT2D eigenvalue weighted by Crippen LogP contribution is 2.18. The lowest BCUT2D eigenvalue weighted by Crippen LogP contribution is -2.28. The van der Waals surface area contributed by atoms with Gasteiger partial charge in [-0.3, -0.25) is 14.4 Å². The van der Waals surface area contributed by atoms with Crippen molar-refractivity contribution in [2.45, 2.75) is 46.8 Å². The van der Waals surface area contributed by atoms with E-state index in [4.69, 9.17) is 14.2 Å². The van der Waals surface area contributed by atoms with Crippen LogP contribution in [0.2, 0.25) is 0 Å². The monoisotopic (exact) mass is 288 g/mol. The molecule has 116 valence electrons. The molecule has 6 heteroatoms. The van der Waals surface area contributed by atoms with Gasteiger partial charge in [-0.25, -0.2) is 0 Å². The zero-order chi connectivity index (χ0) is 15.7. The molecule has 0 amide bonds. The lowest BCUT2D eigenvalue weighted by molar-refractivity contribution is -0.186. The molecule has 20 heavy (non-hydrogen) atoms. The van der Waals surface area contributed by atoms with Crippen LogP contribution in [-0.2, 0) is 28.6 Å². The standard InChI is InChI=1S/C14H24O6/c1-9(2)6-12(7-13(16)8-18-5)14(17)20-11(4)19-10(3)15/h9,11-12H,6-8H2,1-5H3. The van der Waals surface area contributed by atoms with E-state index in [1.54, 1.807) is 0 Å². The van der Waals surface area contributed by atoms with Crippen LogP contribution in [0.3, 0.4) is 0 Å². The average Bonchev–Trinajstić information content (AvgIpc) is 2.26. The lowest BCUT2D eigenvalue weighted by Gasteiger charge is -2.20. The normalized spacial score (nSPS) is 13.7. The first-order chi connectivity index (χ1) is 9.26. The number of ketones is 1. The van der Waals surface area contributed by atoms with E-state index in [2.05, 4.69) is 0 Å². The summed E-state index contributed by atoms with van der Waals surface area (Å²) in [6, 6.07) is 0. The lowest BCUT2D eigenvalue weighted by atomic mass is 9.92. The highest BCUT2D eigenvalue weighted by molar-refractivity contribution is 5.85. The fourth-order valence-electron chi connectivity index (χ4n) is 1.84. The van der Waals surface area contributed by atoms with Gasteiger partial charge in [0, 0.05) is 27.4 Å². The molecule has 0 aliphatic heterocycles. The highest BCUT2D eigenvalue weighted by Gasteiger charge is 2.26. The van der Waals surface area contributed by atoms with Crippen LogP contribution in [0.25, 0.3) is 0 Å². The van der Waals surface area contributed by atoms with Gasteiger partial charge in [0.1, 0.15) is 6.61 Å². The molecule has 0 aromatic heterocycles. The molecule has 0 aromatic rings. The average molecular weight is 288 g/mol. The predicted octanol–water partition coefficient (Wildman–Crippen LogP) is 1.71. The predicted molar refractivity (Wildman–Crippen MR) is 71.8 cm³/mol. The Hall–Kier alpha value is -1.43. The van der Waals surface area contributed by atoms with E-state index in [-0.39, 0.29) is 24.7 Å². The van der Waals surface area contributed by atoms with E-state index < -0.39 is 24.1 Å². The minimum atomic E-state index is -0.952. The number of esters is 2. The summed E-state index contributed by atoms with van der Waals surface area (Å²) in [5.74, 6) is -1.52. The molecular formula is C14H24O6. The molecule has 0 aliphatic carbocycles. The first kappa shape index (κ1) is 18.6. The van der Waals surface area contributed by atoms with Crippen LogP contribution < -0.4 is 0 Å². The van der Waals surface area contributed by atoms with Crippen LogP contribution >= 0.6 is 0 Å². The number of Topliss-reactive ketones (excluding diaryl/α,β-unsaturated/α-hetero) is 1. The molecule has 2 unspecified atom stereocenters. The minimum absolute atomic E-state index is 0.0264. The Morgan fingerprint density at radius 1 is 1.05 bits per heavy atom. The van der Waals surface area contributed by atoms with Crippen molar-refractivity contribution in [1.82, 2.24) is 0 Å². The van der Waals surface area contributed by atoms with Crippen LogP contribution in [0.5, 0.6) is 0 Å². The third-order valence-electron chi connectivity index (χ3n) is 2.48. The first-order valence-electron chi connectivity index (χ1n) is 6.64. The quantitative estimate of drug-likeness (QED) is 0.474. The van der Waals surface area contributed by atoms with E-state index in [0.29, 0.717) is 6.42 Å². The van der Waals surface area contributed by atoms with Crippen LogP contribution in [0.15, 0.2) is 0 Å². The Bertz CT molecular complexity index is 337. The van der Waals surface area contributed by atoms with Gasteiger partial charge in [-0.1, -0.05) is 13.8 Å². The summed E-state index contributed by atoms with van der Waals surface area (Å²) in [5, 5.41) is 0. The zero-order valence-corrected chi connectivity index (χ0v) is 12.8. The maximum absolute atomic E-state index is 12.0. The van der Waals surface area contributed by atoms with Gasteiger partial charge in [-0.2, -0.15) is 0 Å². The fourth-order valence-corrected chi connectivity index (χ4v) is 1.84. The molecule has 0 radical (unpaired) electrons. The van der Waals surface area contributed by atoms with Crippen LogP contribution in [0, 0.1) is 11.8 Å². The molecule has 0 spiro atoms. The zero-order valence-electron chi connectivity index (χ0n) is 12.8. The number of rotatable bonds is 9. The van der Waals surface area contributed by atoms with Crippen LogP contribution in [0.1, 0.15) is 40.5 Å². The molecule has 0 bridgehead atoms. The second-order valence-electron chi connectivity index (χ2n) is 5.12. The van der Waals surface area contributed by atoms with Gasteiger partial charge in [-0.15, -0.1) is 0 Å². The first-order valence-corrected chi connectivity index (χ1v) is 6.64. The van der Waals surface area contributed by atoms with Crippen LogP contribution in [0.4, 0.5) is 0 Å². The molecule has 0 fully saturated rings. The summed E-state index contributed by atoms with van der Waals surface area (Å²) in [7, 11) is 1.43. The van der Waals surface area contributed by atoms with Gasteiger partial charge < -0.3 is 14.2 Å². The number of ether oxygens (including phenoxy) is 3. The molecule has 0 aliphatic rings. The topological polar surface area (TPSA) is 78.9 Å². The van der Waals surface area contributed by atoms with Gasteiger partial charge in [0.05, 0.1) is 5.92 Å². The van der Waals surface area contributed by atoms with Gasteiger partial charge in [0.2, 0.25) is 6.29 Å². The summed E-state index contributed by atoms with van der Waals surface area (Å²) >= 11 is 0. The summed E-state index contributed by atoms with van der Waals surface area (Å²) in [6.45, 7) is 6.58. The Morgan fingerprint density at radius 2 is 1.65 bits per heavy atom. The largest absolute Gasteiger partial charge is 0.426 e. The van der Waals surface area contributed by atoms with Gasteiger partial charge in [-0.05, 0) is 12.3 Å². The highest BCUT2D eigenvalue weighted by atomic mass is 16.7. The van der Waals surface area contributed by atoms with E-state index in [0.717, 1.165) is 0 Å². The van der Waals surface area contributed by atoms with Gasteiger partial charge in [0.25, 0.3) is 0 Å². The summed E-state index contributed by atoms with van der Waals surface area (Å²) in [6.07, 6.45) is -0.356. The van der Waals surface area contributed by atoms with Crippen molar-refractivity contribution < 1.29 is 28.6 Å². The minimum Gasteiger partial charge on any atom is -0.426 e. The molecular weight excluding hydrogens is 264 g/mol. The number of carbonyl (C=O) groups is 3. The smallest absolute Gasteiger partial charge is 0.312 e. The van der Waals surface area contributed by atoms with E-state index in [9.17, 15) is 14.4 Å². The van der Waals surface area contributed by atoms with Crippen molar-refractivity contribution in [3.05, 3.63) is 0 Å². The maximum atomic E-state index is 12.0. The van der Waals surface area contributed by atoms with Crippen molar-refractivity contribution in [3.63, 3.8) is 0 Å². The van der Waals surface area contributed by atoms with Crippen molar-refractivity contribution in [1.29, 1.82) is 0 Å². The van der Waals surface area contributed by atoms with Crippen molar-refractivity contribution in [2.24, 2.45) is 11.8 Å². The molecule has 0 saturated heterocycles. The molecule has 0 N–H and O–H groups in total. The van der Waals surface area contributed by atoms with Gasteiger partial charge in [0.15, 0.2) is 5.78 Å². The summed E-state index contributed by atoms with van der Waals surface area (Å²) < 4.78 is 14.5. The van der Waals surface area contributed by atoms with Crippen molar-refractivity contribution in [2.75, 3.05) is 13.7 Å². The number of hydrogen-bond donors (Lipinski definition) is 0. The molecule has 0 heterocycles. The van der Waals surface area contributed by atoms with Crippen molar-refractivity contribution >= 4 is 17.7 Å². The van der Waals surface area contributed by atoms with Crippen molar-refractivity contribution in [3.8, 4) is 0 Å². The third-order valence-corrected chi connectivity index (χ3v) is 2.48. The molecule has 2 atom stereocenters. The molecule has 0 rings (SSSR count). The van der Waals surface area contributed by atoms with E-state index in [1.807, 2.05) is 13.8 Å². The number of hydrogen-bond acceptors (Lipinski definition) is 6.